The van der Waals surface area contributed by atoms with Gasteiger partial charge in [-0.15, -0.1) is 0 Å². The maximum absolute atomic E-state index is 13.8. The van der Waals surface area contributed by atoms with E-state index in [1.54, 1.807) is 38.7 Å². The molecule has 198 valence electrons. The van der Waals surface area contributed by atoms with Crippen LogP contribution in [0, 0.1) is 0 Å². The molecule has 0 spiro atoms. The van der Waals surface area contributed by atoms with Crippen molar-refractivity contribution in [2.75, 3.05) is 26.4 Å². The van der Waals surface area contributed by atoms with Crippen molar-refractivity contribution in [1.29, 1.82) is 0 Å². The van der Waals surface area contributed by atoms with Crippen LogP contribution < -0.4 is 16.0 Å². The first kappa shape index (κ1) is 25.3. The molecule has 1 aliphatic heterocycles. The van der Waals surface area contributed by atoms with E-state index in [1.807, 2.05) is 12.1 Å². The number of amides is 1. The highest BCUT2D eigenvalue weighted by molar-refractivity contribution is 5.80. The Morgan fingerprint density at radius 3 is 2.55 bits per heavy atom. The maximum atomic E-state index is 13.8. The smallest absolute Gasteiger partial charge is 0.332 e. The first-order valence-electron chi connectivity index (χ1n) is 12.2. The summed E-state index contributed by atoms with van der Waals surface area (Å²) >= 11 is 0. The topological polar surface area (TPSA) is 104 Å². The highest BCUT2D eigenvalue weighted by atomic mass is 19.1. The normalized spacial score (nSPS) is 14.3. The number of alkyl halides is 2. The summed E-state index contributed by atoms with van der Waals surface area (Å²) in [6, 6.07) is 11.5. The Kier molecular flexibility index (Phi) is 7.29. The fraction of sp³-hybridized carbons (Fsp3) is 0.346. The SMILES string of the molecule is O=CN1CCC(n2c(=O)n(Cc3cccc(-n4cncn4)c3)c(=O)c3cc(OC(CF)CF)ccc32)CC1. The van der Waals surface area contributed by atoms with Crippen molar-refractivity contribution in [3.05, 3.63) is 81.5 Å². The highest BCUT2D eigenvalue weighted by Gasteiger charge is 2.25. The Labute approximate surface area is 215 Å². The summed E-state index contributed by atoms with van der Waals surface area (Å²) in [7, 11) is 0. The molecule has 10 nitrogen and oxygen atoms in total. The number of benzene rings is 2. The summed E-state index contributed by atoms with van der Waals surface area (Å²) in [5.74, 6) is 0.135. The van der Waals surface area contributed by atoms with E-state index in [1.165, 1.54) is 18.5 Å². The average Bonchev–Trinajstić information content (AvgIpc) is 3.50. The highest BCUT2D eigenvalue weighted by Crippen LogP contribution is 2.26. The lowest BCUT2D eigenvalue weighted by Gasteiger charge is -2.31. The van der Waals surface area contributed by atoms with Crippen molar-refractivity contribution < 1.29 is 18.3 Å². The predicted molar refractivity (Wildman–Crippen MR) is 135 cm³/mol. The van der Waals surface area contributed by atoms with Gasteiger partial charge in [0.15, 0.2) is 6.10 Å². The largest absolute Gasteiger partial charge is 0.485 e. The number of nitrogens with zero attached hydrogens (tertiary/aromatic N) is 6. The number of fused-ring (bicyclic) bond motifs is 1. The second kappa shape index (κ2) is 11.0. The fourth-order valence-corrected chi connectivity index (χ4v) is 4.80. The number of ether oxygens (including phenoxy) is 1. The van der Waals surface area contributed by atoms with Crippen LogP contribution in [-0.2, 0) is 11.3 Å². The molecule has 0 atom stereocenters. The zero-order valence-electron chi connectivity index (χ0n) is 20.5. The van der Waals surface area contributed by atoms with Crippen LogP contribution >= 0.6 is 0 Å². The minimum Gasteiger partial charge on any atom is -0.485 e. The molecule has 1 fully saturated rings. The number of halogens is 2. The number of hydrogen-bond acceptors (Lipinski definition) is 6. The molecule has 1 saturated heterocycles. The van der Waals surface area contributed by atoms with Crippen LogP contribution in [0.2, 0.25) is 0 Å². The van der Waals surface area contributed by atoms with E-state index >= 15 is 0 Å². The summed E-state index contributed by atoms with van der Waals surface area (Å²) < 4.78 is 35.9. The summed E-state index contributed by atoms with van der Waals surface area (Å²) in [4.78, 5) is 44.3. The van der Waals surface area contributed by atoms with Gasteiger partial charge in [-0.2, -0.15) is 5.10 Å². The van der Waals surface area contributed by atoms with Gasteiger partial charge in [0.05, 0.1) is 23.1 Å². The maximum Gasteiger partial charge on any atom is 0.332 e. The second-order valence-electron chi connectivity index (χ2n) is 9.15. The van der Waals surface area contributed by atoms with E-state index in [-0.39, 0.29) is 23.7 Å². The van der Waals surface area contributed by atoms with Gasteiger partial charge in [-0.05, 0) is 48.7 Å². The van der Waals surface area contributed by atoms with E-state index in [2.05, 4.69) is 10.1 Å². The average molecular weight is 525 g/mol. The van der Waals surface area contributed by atoms with Gasteiger partial charge in [0.25, 0.3) is 5.56 Å². The second-order valence-corrected chi connectivity index (χ2v) is 9.15. The quantitative estimate of drug-likeness (QED) is 0.311. The van der Waals surface area contributed by atoms with Crippen molar-refractivity contribution in [1.82, 2.24) is 28.8 Å². The lowest BCUT2D eigenvalue weighted by Crippen LogP contribution is -2.44. The predicted octanol–water partition coefficient (Wildman–Crippen LogP) is 2.27. The third-order valence-electron chi connectivity index (χ3n) is 6.73. The van der Waals surface area contributed by atoms with Crippen LogP contribution in [0.15, 0.2) is 64.7 Å². The van der Waals surface area contributed by atoms with Crippen molar-refractivity contribution in [3.8, 4) is 11.4 Å². The molecule has 38 heavy (non-hydrogen) atoms. The monoisotopic (exact) mass is 524 g/mol. The summed E-state index contributed by atoms with van der Waals surface area (Å²) in [6.07, 6.45) is 3.54. The Morgan fingerprint density at radius 1 is 1.08 bits per heavy atom. The number of rotatable bonds is 9. The van der Waals surface area contributed by atoms with Crippen LogP contribution in [0.3, 0.4) is 0 Å². The van der Waals surface area contributed by atoms with Crippen LogP contribution in [0.1, 0.15) is 24.4 Å². The minimum atomic E-state index is -1.28. The van der Waals surface area contributed by atoms with Gasteiger partial charge in [-0.1, -0.05) is 12.1 Å². The van der Waals surface area contributed by atoms with Gasteiger partial charge in [0, 0.05) is 19.1 Å². The number of aromatic nitrogens is 5. The molecule has 0 bridgehead atoms. The van der Waals surface area contributed by atoms with Crippen molar-refractivity contribution >= 4 is 17.3 Å². The lowest BCUT2D eigenvalue weighted by atomic mass is 10.0. The molecule has 3 heterocycles. The van der Waals surface area contributed by atoms with E-state index in [4.69, 9.17) is 4.74 Å². The fourth-order valence-electron chi connectivity index (χ4n) is 4.80. The number of carbonyl (C=O) groups excluding carboxylic acids is 1. The summed E-state index contributed by atoms with van der Waals surface area (Å²) in [6.45, 7) is -1.08. The third-order valence-corrected chi connectivity index (χ3v) is 6.73. The molecule has 2 aromatic carbocycles. The third kappa shape index (κ3) is 4.93. The van der Waals surface area contributed by atoms with Crippen molar-refractivity contribution in [2.24, 2.45) is 0 Å². The number of likely N-dealkylation sites (tertiary alicyclic amines) is 1. The van der Waals surface area contributed by atoms with Gasteiger partial charge >= 0.3 is 5.69 Å². The molecule has 4 aromatic rings. The Bertz CT molecular complexity index is 1540. The molecule has 0 radical (unpaired) electrons. The van der Waals surface area contributed by atoms with Crippen LogP contribution in [0.4, 0.5) is 8.78 Å². The number of carbonyl (C=O) groups is 1. The van der Waals surface area contributed by atoms with E-state index < -0.39 is 30.7 Å². The molecule has 0 aliphatic carbocycles. The first-order valence-corrected chi connectivity index (χ1v) is 12.2. The van der Waals surface area contributed by atoms with Gasteiger partial charge in [-0.25, -0.2) is 23.2 Å². The van der Waals surface area contributed by atoms with E-state index in [0.717, 1.165) is 16.7 Å². The molecule has 0 saturated carbocycles. The molecule has 0 N–H and O–H groups in total. The molecule has 5 rings (SSSR count). The van der Waals surface area contributed by atoms with E-state index in [0.29, 0.717) is 37.0 Å². The van der Waals surface area contributed by atoms with Crippen LogP contribution in [-0.4, -0.2) is 67.8 Å². The number of hydrogen-bond donors (Lipinski definition) is 0. The molecule has 12 heteroatoms. The van der Waals surface area contributed by atoms with Gasteiger partial charge in [-0.3, -0.25) is 18.7 Å². The van der Waals surface area contributed by atoms with Gasteiger partial charge < -0.3 is 9.64 Å². The standard InChI is InChI=1S/C26H26F2N6O4/c27-12-22(13-28)38-21-4-5-24-23(11-21)25(36)32(26(37)34(24)19-6-8-31(17-35)9-7-19)14-18-2-1-3-20(10-18)33-16-29-15-30-33/h1-5,10-11,15-17,19,22H,6-9,12-14H2. The Balaban J connectivity index is 1.62. The zero-order chi connectivity index (χ0) is 26.6. The molecular weight excluding hydrogens is 498 g/mol. The molecule has 1 amide bonds. The molecular formula is C26H26F2N6O4. The van der Waals surface area contributed by atoms with E-state index in [9.17, 15) is 23.2 Å². The Morgan fingerprint density at radius 2 is 1.87 bits per heavy atom. The first-order chi connectivity index (χ1) is 18.5. The molecule has 2 aromatic heterocycles. The molecule has 0 unspecified atom stereocenters. The summed E-state index contributed by atoms with van der Waals surface area (Å²) in [5.41, 5.74) is 0.801. The zero-order valence-corrected chi connectivity index (χ0v) is 20.5. The molecule has 1 aliphatic rings. The van der Waals surface area contributed by atoms with Crippen LogP contribution in [0.25, 0.3) is 16.6 Å². The summed E-state index contributed by atoms with van der Waals surface area (Å²) in [5, 5.41) is 4.32. The van der Waals surface area contributed by atoms with Crippen molar-refractivity contribution in [2.45, 2.75) is 31.5 Å². The van der Waals surface area contributed by atoms with Gasteiger partial charge in [0.2, 0.25) is 6.41 Å². The van der Waals surface area contributed by atoms with Crippen LogP contribution in [0.5, 0.6) is 5.75 Å². The van der Waals surface area contributed by atoms with Crippen molar-refractivity contribution in [3.63, 3.8) is 0 Å². The number of piperidine rings is 1. The minimum absolute atomic E-state index is 0.00794. The lowest BCUT2D eigenvalue weighted by molar-refractivity contribution is -0.119. The Hall–Kier alpha value is -4.35. The van der Waals surface area contributed by atoms with Gasteiger partial charge in [0.1, 0.15) is 31.8 Å².